The molecule has 0 N–H and O–H groups in total. The lowest BCUT2D eigenvalue weighted by Crippen LogP contribution is -2.67. The predicted molar refractivity (Wildman–Crippen MR) is 139 cm³/mol. The maximum Gasteiger partial charge on any atom is 0.337 e. The van der Waals surface area contributed by atoms with Crippen molar-refractivity contribution in [2.24, 2.45) is 0 Å². The smallest absolute Gasteiger partial charge is 0.337 e. The van der Waals surface area contributed by atoms with Crippen LogP contribution < -0.4 is 10.4 Å². The summed E-state index contributed by atoms with van der Waals surface area (Å²) in [7, 11) is -4.04. The van der Waals surface area contributed by atoms with Crippen LogP contribution in [-0.2, 0) is 22.8 Å². The largest absolute Gasteiger partial charge is 0.393 e. The fourth-order valence-electron chi connectivity index (χ4n) is 4.29. The van der Waals surface area contributed by atoms with Crippen LogP contribution in [0.2, 0.25) is 5.04 Å². The van der Waals surface area contributed by atoms with Gasteiger partial charge in [0.1, 0.15) is 12.3 Å². The van der Waals surface area contributed by atoms with Gasteiger partial charge in [0.05, 0.1) is 0 Å². The van der Waals surface area contributed by atoms with Gasteiger partial charge in [-0.3, -0.25) is 9.36 Å². The SMILES string of the molecule is COP(=O)(CC(=O)[C@H](O[Si](c1ccccc1)(c1ccccc1)C(C)(C)C)c1ccccc1)OC. The summed E-state index contributed by atoms with van der Waals surface area (Å²) in [6, 6.07) is 29.6. The van der Waals surface area contributed by atoms with Crippen LogP contribution in [0.25, 0.3) is 0 Å². The van der Waals surface area contributed by atoms with Crippen LogP contribution in [0.1, 0.15) is 32.4 Å². The van der Waals surface area contributed by atoms with Crippen molar-refractivity contribution in [3.05, 3.63) is 96.6 Å². The molecular weight excluding hydrogens is 463 g/mol. The Bertz CT molecular complexity index is 1070. The summed E-state index contributed by atoms with van der Waals surface area (Å²) in [5, 5.41) is 1.79. The molecule has 180 valence electrons. The van der Waals surface area contributed by atoms with Crippen molar-refractivity contribution in [2.75, 3.05) is 20.4 Å². The highest BCUT2D eigenvalue weighted by molar-refractivity contribution is 7.54. The zero-order valence-electron chi connectivity index (χ0n) is 20.4. The molecule has 3 aromatic rings. The molecule has 0 spiro atoms. The first-order valence-corrected chi connectivity index (χ1v) is 14.9. The summed E-state index contributed by atoms with van der Waals surface area (Å²) in [5.41, 5.74) is 0.708. The van der Waals surface area contributed by atoms with Gasteiger partial charge >= 0.3 is 7.60 Å². The van der Waals surface area contributed by atoms with Gasteiger partial charge in [-0.15, -0.1) is 0 Å². The first kappa shape index (κ1) is 26.3. The summed E-state index contributed by atoms with van der Waals surface area (Å²) in [4.78, 5) is 13.7. The monoisotopic (exact) mass is 496 g/mol. The molecule has 0 radical (unpaired) electrons. The minimum Gasteiger partial charge on any atom is -0.393 e. The van der Waals surface area contributed by atoms with Gasteiger partial charge in [-0.1, -0.05) is 112 Å². The number of hydrogen-bond donors (Lipinski definition) is 0. The molecule has 0 aliphatic rings. The molecular formula is C27H33O5PSi. The van der Waals surface area contributed by atoms with Crippen molar-refractivity contribution in [3.8, 4) is 0 Å². The zero-order chi connectivity index (χ0) is 24.8. The first-order valence-electron chi connectivity index (χ1n) is 11.2. The minimum atomic E-state index is -3.58. The number of benzene rings is 3. The summed E-state index contributed by atoms with van der Waals surface area (Å²) in [6.07, 6.45) is -1.32. The average Bonchev–Trinajstić information content (AvgIpc) is 2.85. The number of hydrogen-bond acceptors (Lipinski definition) is 5. The Kier molecular flexibility index (Phi) is 8.45. The van der Waals surface area contributed by atoms with Crippen LogP contribution in [0.4, 0.5) is 0 Å². The standard InChI is InChI=1S/C27H33O5PSi/c1-27(2,3)34(23-17-11-7-12-18-23,24-19-13-8-14-20-24)32-26(22-15-9-6-10-16-22)25(28)21-33(29,30-4)31-5/h6-20,26H,21H2,1-5H3/t26-/m1/s1. The van der Waals surface area contributed by atoms with Crippen LogP contribution in [0.3, 0.4) is 0 Å². The number of carbonyl (C=O) groups is 1. The molecule has 0 saturated carbocycles. The van der Waals surface area contributed by atoms with E-state index < -0.39 is 22.0 Å². The fourth-order valence-corrected chi connectivity index (χ4v) is 9.88. The quantitative estimate of drug-likeness (QED) is 0.279. The molecule has 34 heavy (non-hydrogen) atoms. The number of rotatable bonds is 10. The lowest BCUT2D eigenvalue weighted by atomic mass is 10.1. The van der Waals surface area contributed by atoms with Crippen molar-refractivity contribution in [2.45, 2.75) is 31.9 Å². The van der Waals surface area contributed by atoms with Crippen LogP contribution in [-0.4, -0.2) is 34.5 Å². The van der Waals surface area contributed by atoms with Crippen molar-refractivity contribution in [3.63, 3.8) is 0 Å². The van der Waals surface area contributed by atoms with E-state index in [9.17, 15) is 9.36 Å². The summed E-state index contributed by atoms with van der Waals surface area (Å²) >= 11 is 0. The summed E-state index contributed by atoms with van der Waals surface area (Å²) in [6.45, 7) is 6.46. The second-order valence-corrected chi connectivity index (χ2v) is 15.7. The highest BCUT2D eigenvalue weighted by Gasteiger charge is 2.52. The molecule has 1 atom stereocenters. The van der Waals surface area contributed by atoms with E-state index in [1.165, 1.54) is 14.2 Å². The fraction of sp³-hybridized carbons (Fsp3) is 0.296. The molecule has 0 saturated heterocycles. The maximum absolute atomic E-state index is 13.7. The Hall–Kier alpha value is -2.34. The zero-order valence-corrected chi connectivity index (χ0v) is 22.3. The van der Waals surface area contributed by atoms with Gasteiger partial charge in [0.15, 0.2) is 5.78 Å². The van der Waals surface area contributed by atoms with Crippen molar-refractivity contribution >= 4 is 32.1 Å². The average molecular weight is 497 g/mol. The van der Waals surface area contributed by atoms with E-state index in [0.29, 0.717) is 5.56 Å². The van der Waals surface area contributed by atoms with Crippen LogP contribution in [0, 0.1) is 0 Å². The van der Waals surface area contributed by atoms with E-state index >= 15 is 0 Å². The van der Waals surface area contributed by atoms with Gasteiger partial charge in [0, 0.05) is 14.2 Å². The number of Topliss-reactive ketones (excluding diaryl/α,β-unsaturated/α-hetero) is 1. The van der Waals surface area contributed by atoms with Gasteiger partial charge in [-0.05, 0) is 21.0 Å². The van der Waals surface area contributed by atoms with Crippen molar-refractivity contribution < 1.29 is 22.8 Å². The Labute approximate surface area is 203 Å². The summed E-state index contributed by atoms with van der Waals surface area (Å²) in [5.74, 6) is -0.341. The minimum absolute atomic E-state index is 0.324. The van der Waals surface area contributed by atoms with E-state index in [1.54, 1.807) is 0 Å². The van der Waals surface area contributed by atoms with Crippen molar-refractivity contribution in [1.82, 2.24) is 0 Å². The lowest BCUT2D eigenvalue weighted by Gasteiger charge is -2.45. The van der Waals surface area contributed by atoms with Gasteiger partial charge in [-0.25, -0.2) is 0 Å². The first-order chi connectivity index (χ1) is 16.2. The third-order valence-corrected chi connectivity index (χ3v) is 12.8. The Balaban J connectivity index is 2.23. The molecule has 0 amide bonds. The molecule has 0 fully saturated rings. The topological polar surface area (TPSA) is 61.8 Å². The Morgan fingerprint density at radius 2 is 1.21 bits per heavy atom. The van der Waals surface area contributed by atoms with Gasteiger partial charge < -0.3 is 13.5 Å². The predicted octanol–water partition coefficient (Wildman–Crippen LogP) is 5.36. The molecule has 5 nitrogen and oxygen atoms in total. The third-order valence-electron chi connectivity index (χ3n) is 6.01. The molecule has 0 aliphatic heterocycles. The number of ketones is 1. The highest BCUT2D eigenvalue weighted by atomic mass is 31.2. The van der Waals surface area contributed by atoms with Crippen LogP contribution in [0.5, 0.6) is 0 Å². The van der Waals surface area contributed by atoms with Crippen LogP contribution >= 0.6 is 7.60 Å². The summed E-state index contributed by atoms with van der Waals surface area (Å²) < 4.78 is 30.2. The molecule has 0 unspecified atom stereocenters. The highest BCUT2D eigenvalue weighted by Crippen LogP contribution is 2.48. The molecule has 3 aromatic carbocycles. The number of carbonyl (C=O) groups excluding carboxylic acids is 1. The maximum atomic E-state index is 13.7. The second-order valence-electron chi connectivity index (χ2n) is 9.17. The molecule has 0 aromatic heterocycles. The normalized spacial score (nSPS) is 13.4. The molecule has 7 heteroatoms. The van der Waals surface area contributed by atoms with Gasteiger partial charge in [-0.2, -0.15) is 0 Å². The molecule has 0 bridgehead atoms. The second kappa shape index (κ2) is 10.9. The van der Waals surface area contributed by atoms with E-state index in [1.807, 2.05) is 66.7 Å². The molecule has 0 heterocycles. The third kappa shape index (κ3) is 5.48. The Morgan fingerprint density at radius 1 is 0.794 bits per heavy atom. The Morgan fingerprint density at radius 3 is 1.59 bits per heavy atom. The van der Waals surface area contributed by atoms with E-state index in [4.69, 9.17) is 13.5 Å². The molecule has 0 aliphatic carbocycles. The van der Waals surface area contributed by atoms with E-state index in [0.717, 1.165) is 10.4 Å². The van der Waals surface area contributed by atoms with E-state index in [2.05, 4.69) is 45.0 Å². The van der Waals surface area contributed by atoms with Crippen molar-refractivity contribution in [1.29, 1.82) is 0 Å². The van der Waals surface area contributed by atoms with Gasteiger partial charge in [0.2, 0.25) is 0 Å². The van der Waals surface area contributed by atoms with E-state index in [-0.39, 0.29) is 17.0 Å². The lowest BCUT2D eigenvalue weighted by molar-refractivity contribution is -0.124. The van der Waals surface area contributed by atoms with Crippen LogP contribution in [0.15, 0.2) is 91.0 Å². The molecule has 3 rings (SSSR count). The van der Waals surface area contributed by atoms with Gasteiger partial charge in [0.25, 0.3) is 8.32 Å².